The van der Waals surface area contributed by atoms with Gasteiger partial charge in [0.25, 0.3) is 5.89 Å². The van der Waals surface area contributed by atoms with Crippen LogP contribution in [0.5, 0.6) is 0 Å². The minimum Gasteiger partial charge on any atom is -0.333 e. The summed E-state index contributed by atoms with van der Waals surface area (Å²) in [6.45, 7) is 3.40. The molecule has 3 aromatic rings. The summed E-state index contributed by atoms with van der Waals surface area (Å²) in [5, 5.41) is 3.97. The number of fused-ring (bicyclic) bond motifs is 3. The Bertz CT molecular complexity index is 1430. The van der Waals surface area contributed by atoms with Crippen molar-refractivity contribution in [1.82, 2.24) is 10.1 Å². The van der Waals surface area contributed by atoms with Crippen molar-refractivity contribution in [2.75, 3.05) is 11.4 Å². The molecule has 1 amide bonds. The number of nitrogens with zero attached hydrogens (tertiary/aromatic N) is 3. The Hall–Kier alpha value is -3.16. The number of benzene rings is 2. The van der Waals surface area contributed by atoms with E-state index in [1.165, 1.54) is 5.56 Å². The molecule has 6 aliphatic rings. The van der Waals surface area contributed by atoms with Gasteiger partial charge in [-0.05, 0) is 93.4 Å². The minimum absolute atomic E-state index is 0.0397. The van der Waals surface area contributed by atoms with Crippen molar-refractivity contribution in [3.8, 4) is 11.1 Å². The largest absolute Gasteiger partial charge is 0.333 e. The highest BCUT2D eigenvalue weighted by atomic mass is 19.3. The van der Waals surface area contributed by atoms with Gasteiger partial charge in [0.2, 0.25) is 5.91 Å². The zero-order valence-electron chi connectivity index (χ0n) is 23.0. The average molecular weight is 550 g/mol. The highest BCUT2D eigenvalue weighted by Crippen LogP contribution is 2.70. The van der Waals surface area contributed by atoms with Crippen molar-refractivity contribution in [2.45, 2.75) is 88.6 Å². The van der Waals surface area contributed by atoms with Crippen LogP contribution in [0.4, 0.5) is 18.9 Å². The number of carbonyl (C=O) groups is 1. The predicted molar refractivity (Wildman–Crippen MR) is 145 cm³/mol. The summed E-state index contributed by atoms with van der Waals surface area (Å²) in [7, 11) is 0. The maximum atomic E-state index is 14.5. The van der Waals surface area contributed by atoms with Crippen LogP contribution in [0.1, 0.15) is 82.0 Å². The van der Waals surface area contributed by atoms with E-state index in [9.17, 15) is 18.0 Å². The zero-order chi connectivity index (χ0) is 28.0. The van der Waals surface area contributed by atoms with Gasteiger partial charge < -0.3 is 9.42 Å². The number of anilines is 1. The highest BCUT2D eigenvalue weighted by Gasteiger charge is 2.73. The van der Waals surface area contributed by atoms with E-state index >= 15 is 0 Å². The van der Waals surface area contributed by atoms with E-state index in [1.807, 2.05) is 17.0 Å². The lowest BCUT2D eigenvalue weighted by atomic mass is 9.41. The fourth-order valence-electron chi connectivity index (χ4n) is 7.85. The third-order valence-corrected chi connectivity index (χ3v) is 10.4. The first-order valence-corrected chi connectivity index (χ1v) is 14.3. The van der Waals surface area contributed by atoms with Crippen LogP contribution in [0.15, 0.2) is 53.1 Å². The van der Waals surface area contributed by atoms with Crippen molar-refractivity contribution < 1.29 is 22.5 Å². The molecule has 0 atom stereocenters. The molecule has 1 heterocycles. The Labute approximate surface area is 232 Å². The molecule has 0 saturated heterocycles. The summed E-state index contributed by atoms with van der Waals surface area (Å²) >= 11 is 0. The molecule has 5 nitrogen and oxygen atoms in total. The van der Waals surface area contributed by atoms with Crippen LogP contribution in [0, 0.1) is 17.8 Å². The van der Waals surface area contributed by atoms with Gasteiger partial charge in [-0.3, -0.25) is 4.79 Å². The summed E-state index contributed by atoms with van der Waals surface area (Å²) in [4.78, 5) is 20.2. The summed E-state index contributed by atoms with van der Waals surface area (Å²) < 4.78 is 47.0. The molecule has 0 aliphatic heterocycles. The third-order valence-electron chi connectivity index (χ3n) is 10.4. The van der Waals surface area contributed by atoms with Gasteiger partial charge in [-0.25, -0.2) is 4.39 Å². The van der Waals surface area contributed by atoms with Gasteiger partial charge in [0.1, 0.15) is 5.67 Å². The monoisotopic (exact) mass is 549 g/mol. The Morgan fingerprint density at radius 2 is 1.62 bits per heavy atom. The van der Waals surface area contributed by atoms with E-state index in [2.05, 4.69) is 53.5 Å². The van der Waals surface area contributed by atoms with Crippen molar-refractivity contribution in [1.29, 1.82) is 0 Å². The quantitative estimate of drug-likeness (QED) is 0.303. The summed E-state index contributed by atoms with van der Waals surface area (Å²) in [6, 6.07) is 16.5. The van der Waals surface area contributed by atoms with E-state index in [1.54, 1.807) is 0 Å². The van der Waals surface area contributed by atoms with Crippen molar-refractivity contribution in [3.05, 3.63) is 65.8 Å². The van der Waals surface area contributed by atoms with Gasteiger partial charge in [-0.15, -0.1) is 0 Å². The van der Waals surface area contributed by atoms with E-state index in [0.717, 1.165) is 62.3 Å². The SMILES string of the molecule is Cc1ccc(-c2cccc(N(CC34CCC(c5noc(C(C)(F)F)n5)(CC3)CC4)C(=O)C34CC(F)(C3)C4)c2)cc1. The molecule has 0 N–H and O–H groups in total. The van der Waals surface area contributed by atoms with Crippen molar-refractivity contribution >= 4 is 11.6 Å². The topological polar surface area (TPSA) is 59.2 Å². The molecule has 6 aliphatic carbocycles. The number of hydrogen-bond acceptors (Lipinski definition) is 4. The van der Waals surface area contributed by atoms with Gasteiger partial charge in [0.05, 0.1) is 5.41 Å². The predicted octanol–water partition coefficient (Wildman–Crippen LogP) is 7.67. The van der Waals surface area contributed by atoms with Crippen LogP contribution >= 0.6 is 0 Å². The van der Waals surface area contributed by atoms with Crippen LogP contribution in [-0.4, -0.2) is 28.3 Å². The molecule has 1 aromatic heterocycles. The number of rotatable bonds is 7. The lowest BCUT2D eigenvalue weighted by molar-refractivity contribution is -0.211. The van der Waals surface area contributed by atoms with E-state index in [-0.39, 0.29) is 16.7 Å². The van der Waals surface area contributed by atoms with Gasteiger partial charge in [-0.2, -0.15) is 13.8 Å². The zero-order valence-corrected chi connectivity index (χ0v) is 23.0. The molecule has 6 saturated carbocycles. The number of hydrogen-bond donors (Lipinski definition) is 0. The van der Waals surface area contributed by atoms with E-state index < -0.39 is 22.9 Å². The first kappa shape index (κ1) is 25.8. The standard InChI is InChI=1S/C32H34F3N3O2/c1-21-6-8-22(9-7-21)23-4-3-5-24(16-23)38(27(39)31-17-32(35,18-31)19-31)20-29-10-13-30(14-11-29,15-12-29)25-36-26(40-37-25)28(2,33)34/h3-9,16H,10-15,17-20H2,1-2H3. The molecule has 2 aromatic carbocycles. The fourth-order valence-corrected chi connectivity index (χ4v) is 7.85. The number of amides is 1. The Balaban J connectivity index is 1.16. The van der Waals surface area contributed by atoms with Gasteiger partial charge in [0.15, 0.2) is 5.82 Å². The van der Waals surface area contributed by atoms with Crippen molar-refractivity contribution in [3.63, 3.8) is 0 Å². The minimum atomic E-state index is -3.16. The van der Waals surface area contributed by atoms with E-state index in [0.29, 0.717) is 31.6 Å². The second-order valence-electron chi connectivity index (χ2n) is 13.4. The molecule has 8 heteroatoms. The molecule has 9 rings (SSSR count). The van der Waals surface area contributed by atoms with Gasteiger partial charge in [-0.1, -0.05) is 47.1 Å². The maximum absolute atomic E-state index is 14.5. The lowest BCUT2D eigenvalue weighted by Crippen LogP contribution is -2.71. The van der Waals surface area contributed by atoms with Crippen LogP contribution < -0.4 is 4.90 Å². The summed E-state index contributed by atoms with van der Waals surface area (Å²) in [5.41, 5.74) is 1.99. The summed E-state index contributed by atoms with van der Waals surface area (Å²) in [6.07, 6.45) is 5.83. The molecule has 0 radical (unpaired) electrons. The molecular formula is C32H34F3N3O2. The smallest absolute Gasteiger partial charge is 0.322 e. The first-order chi connectivity index (χ1) is 18.9. The normalized spacial score (nSPS) is 32.3. The molecule has 6 fully saturated rings. The number of alkyl halides is 3. The second kappa shape index (κ2) is 8.43. The van der Waals surface area contributed by atoms with Crippen LogP contribution in [-0.2, 0) is 16.1 Å². The molecule has 4 bridgehead atoms. The highest BCUT2D eigenvalue weighted by molar-refractivity contribution is 6.00. The average Bonchev–Trinajstić information content (AvgIpc) is 3.43. The number of carbonyl (C=O) groups excluding carboxylic acids is 1. The molecule has 210 valence electrons. The first-order valence-electron chi connectivity index (χ1n) is 14.3. The Morgan fingerprint density at radius 1 is 0.975 bits per heavy atom. The van der Waals surface area contributed by atoms with Crippen LogP contribution in [0.25, 0.3) is 11.1 Å². The number of aromatic nitrogens is 2. The van der Waals surface area contributed by atoms with Crippen molar-refractivity contribution in [2.24, 2.45) is 10.8 Å². The van der Waals surface area contributed by atoms with Gasteiger partial charge in [0, 0.05) is 24.6 Å². The fraction of sp³-hybridized carbons (Fsp3) is 0.531. The van der Waals surface area contributed by atoms with Gasteiger partial charge >= 0.3 is 5.92 Å². The van der Waals surface area contributed by atoms with E-state index in [4.69, 9.17) is 4.52 Å². The number of halogens is 3. The van der Waals surface area contributed by atoms with Crippen LogP contribution in [0.3, 0.4) is 0 Å². The Morgan fingerprint density at radius 3 is 2.20 bits per heavy atom. The summed E-state index contributed by atoms with van der Waals surface area (Å²) in [5.74, 6) is -3.37. The third kappa shape index (κ3) is 4.00. The lowest BCUT2D eigenvalue weighted by Gasteiger charge is -2.65. The maximum Gasteiger partial charge on any atom is 0.322 e. The van der Waals surface area contributed by atoms with Crippen LogP contribution in [0.2, 0.25) is 0 Å². The second-order valence-corrected chi connectivity index (χ2v) is 13.4. The molecule has 0 unspecified atom stereocenters. The molecule has 0 spiro atoms. The Kier molecular flexibility index (Phi) is 5.43. The molecule has 40 heavy (non-hydrogen) atoms. The number of aryl methyl sites for hydroxylation is 1. The molecular weight excluding hydrogens is 515 g/mol.